The second-order valence-electron chi connectivity index (χ2n) is 8.10. The van der Waals surface area contributed by atoms with Crippen LogP contribution in [0.4, 0.5) is 11.4 Å². The molecule has 0 unspecified atom stereocenters. The standard InChI is InChI=1S/C25H28N6O3/c1-18-23(17-27-31(18)21-4-6-22(34-2)7-5-21)25(33)28-20-3-8-24(19(15-20)16-26)30-11-9-29(10-12-30)13-14-32/h3-8,15,17,32H,9-14H2,1-2H3,(H,28,33). The first-order valence-electron chi connectivity index (χ1n) is 11.2. The summed E-state index contributed by atoms with van der Waals surface area (Å²) < 4.78 is 6.90. The predicted molar refractivity (Wildman–Crippen MR) is 130 cm³/mol. The Morgan fingerprint density at radius 2 is 1.91 bits per heavy atom. The first kappa shape index (κ1) is 23.3. The van der Waals surface area contributed by atoms with E-state index in [9.17, 15) is 10.1 Å². The van der Waals surface area contributed by atoms with Crippen molar-refractivity contribution < 1.29 is 14.6 Å². The van der Waals surface area contributed by atoms with Crippen molar-refractivity contribution in [3.8, 4) is 17.5 Å². The zero-order valence-electron chi connectivity index (χ0n) is 19.4. The molecule has 9 nitrogen and oxygen atoms in total. The molecule has 0 bridgehead atoms. The monoisotopic (exact) mass is 460 g/mol. The molecule has 0 radical (unpaired) electrons. The Bertz CT molecular complexity index is 1190. The molecule has 176 valence electrons. The molecule has 0 aliphatic carbocycles. The lowest BCUT2D eigenvalue weighted by molar-refractivity contribution is 0.102. The molecule has 0 atom stereocenters. The van der Waals surface area contributed by atoms with E-state index < -0.39 is 0 Å². The molecule has 34 heavy (non-hydrogen) atoms. The summed E-state index contributed by atoms with van der Waals surface area (Å²) in [5, 5.41) is 26.1. The van der Waals surface area contributed by atoms with E-state index in [2.05, 4.69) is 26.3 Å². The fraction of sp³-hybridized carbons (Fsp3) is 0.320. The summed E-state index contributed by atoms with van der Waals surface area (Å²) in [6.45, 7) is 5.89. The zero-order valence-corrected chi connectivity index (χ0v) is 19.4. The molecule has 0 saturated carbocycles. The first-order chi connectivity index (χ1) is 16.5. The van der Waals surface area contributed by atoms with Crippen LogP contribution in [0, 0.1) is 18.3 Å². The Labute approximate surface area is 198 Å². The number of nitriles is 1. The summed E-state index contributed by atoms with van der Waals surface area (Å²) in [6, 6.07) is 15.1. The van der Waals surface area contributed by atoms with Gasteiger partial charge in [-0.25, -0.2) is 4.68 Å². The third-order valence-electron chi connectivity index (χ3n) is 6.08. The van der Waals surface area contributed by atoms with Gasteiger partial charge < -0.3 is 20.1 Å². The fourth-order valence-electron chi connectivity index (χ4n) is 4.15. The number of anilines is 2. The van der Waals surface area contributed by atoms with Crippen LogP contribution >= 0.6 is 0 Å². The quantitative estimate of drug-likeness (QED) is 0.558. The summed E-state index contributed by atoms with van der Waals surface area (Å²) in [5.41, 5.74) is 3.92. The van der Waals surface area contributed by atoms with Crippen molar-refractivity contribution in [1.29, 1.82) is 5.26 Å². The number of hydrogen-bond donors (Lipinski definition) is 2. The largest absolute Gasteiger partial charge is 0.497 e. The van der Waals surface area contributed by atoms with Crippen molar-refractivity contribution in [2.75, 3.05) is 56.7 Å². The van der Waals surface area contributed by atoms with Gasteiger partial charge in [-0.05, 0) is 49.4 Å². The highest BCUT2D eigenvalue weighted by Crippen LogP contribution is 2.26. The van der Waals surface area contributed by atoms with Crippen molar-refractivity contribution >= 4 is 17.3 Å². The lowest BCUT2D eigenvalue weighted by atomic mass is 10.1. The molecule has 1 amide bonds. The maximum absolute atomic E-state index is 13.0. The van der Waals surface area contributed by atoms with Gasteiger partial charge in [0.1, 0.15) is 11.8 Å². The minimum absolute atomic E-state index is 0.149. The van der Waals surface area contributed by atoms with Crippen LogP contribution in [-0.2, 0) is 0 Å². The van der Waals surface area contributed by atoms with Gasteiger partial charge in [0.15, 0.2) is 0 Å². The number of carbonyl (C=O) groups is 1. The van der Waals surface area contributed by atoms with Gasteiger partial charge in [0, 0.05) is 38.4 Å². The minimum Gasteiger partial charge on any atom is -0.497 e. The van der Waals surface area contributed by atoms with Crippen LogP contribution in [0.2, 0.25) is 0 Å². The van der Waals surface area contributed by atoms with E-state index in [1.165, 1.54) is 0 Å². The Balaban J connectivity index is 1.47. The molecule has 0 spiro atoms. The number of piperazine rings is 1. The van der Waals surface area contributed by atoms with Crippen LogP contribution in [0.1, 0.15) is 21.6 Å². The topological polar surface area (TPSA) is 107 Å². The molecule has 1 aliphatic rings. The highest BCUT2D eigenvalue weighted by atomic mass is 16.5. The van der Waals surface area contributed by atoms with Gasteiger partial charge in [-0.2, -0.15) is 10.4 Å². The smallest absolute Gasteiger partial charge is 0.259 e. The van der Waals surface area contributed by atoms with Gasteiger partial charge in [-0.15, -0.1) is 0 Å². The maximum Gasteiger partial charge on any atom is 0.259 e. The van der Waals surface area contributed by atoms with Crippen molar-refractivity contribution in [3.05, 3.63) is 65.5 Å². The third-order valence-corrected chi connectivity index (χ3v) is 6.08. The van der Waals surface area contributed by atoms with E-state index in [0.29, 0.717) is 29.1 Å². The number of rotatable bonds is 7. The van der Waals surface area contributed by atoms with Gasteiger partial charge in [-0.3, -0.25) is 9.69 Å². The molecule has 2 heterocycles. The van der Waals surface area contributed by atoms with Gasteiger partial charge in [0.05, 0.1) is 48.1 Å². The molecular weight excluding hydrogens is 432 g/mol. The van der Waals surface area contributed by atoms with Crippen LogP contribution in [0.3, 0.4) is 0 Å². The Hall–Kier alpha value is -3.87. The number of β-amino-alcohol motifs (C(OH)–C–C–N with tert-alkyl or cyclic N) is 1. The number of hydrogen-bond acceptors (Lipinski definition) is 7. The molecule has 4 rings (SSSR count). The van der Waals surface area contributed by atoms with Gasteiger partial charge in [0.2, 0.25) is 0 Å². The summed E-state index contributed by atoms with van der Waals surface area (Å²) in [6.07, 6.45) is 1.54. The van der Waals surface area contributed by atoms with Crippen LogP contribution in [-0.4, -0.2) is 72.1 Å². The highest BCUT2D eigenvalue weighted by Gasteiger charge is 2.20. The molecule has 1 fully saturated rings. The number of nitrogens with one attached hydrogen (secondary N) is 1. The molecule has 3 aromatic rings. The molecular formula is C25H28N6O3. The Morgan fingerprint density at radius 1 is 1.18 bits per heavy atom. The minimum atomic E-state index is -0.286. The van der Waals surface area contributed by atoms with Gasteiger partial charge in [0.25, 0.3) is 5.91 Å². The molecule has 2 aromatic carbocycles. The van der Waals surface area contributed by atoms with E-state index in [1.807, 2.05) is 43.3 Å². The number of nitrogens with zero attached hydrogens (tertiary/aromatic N) is 5. The fourth-order valence-corrected chi connectivity index (χ4v) is 4.15. The van der Waals surface area contributed by atoms with E-state index in [0.717, 1.165) is 43.3 Å². The van der Waals surface area contributed by atoms with E-state index in [-0.39, 0.29) is 12.5 Å². The second-order valence-corrected chi connectivity index (χ2v) is 8.10. The number of aromatic nitrogens is 2. The van der Waals surface area contributed by atoms with Crippen LogP contribution in [0.15, 0.2) is 48.7 Å². The Kier molecular flexibility index (Phi) is 7.11. The maximum atomic E-state index is 13.0. The average Bonchev–Trinajstić information content (AvgIpc) is 3.26. The molecule has 1 aliphatic heterocycles. The second kappa shape index (κ2) is 10.4. The van der Waals surface area contributed by atoms with E-state index in [4.69, 9.17) is 9.84 Å². The van der Waals surface area contributed by atoms with Crippen molar-refractivity contribution in [2.24, 2.45) is 0 Å². The van der Waals surface area contributed by atoms with Crippen molar-refractivity contribution in [2.45, 2.75) is 6.92 Å². The zero-order chi connectivity index (χ0) is 24.1. The lowest BCUT2D eigenvalue weighted by Gasteiger charge is -2.36. The number of aliphatic hydroxyl groups is 1. The molecule has 1 aromatic heterocycles. The summed E-state index contributed by atoms with van der Waals surface area (Å²) in [7, 11) is 1.61. The van der Waals surface area contributed by atoms with Gasteiger partial charge >= 0.3 is 0 Å². The van der Waals surface area contributed by atoms with Crippen molar-refractivity contribution in [3.63, 3.8) is 0 Å². The number of ether oxygens (including phenoxy) is 1. The number of amides is 1. The predicted octanol–water partition coefficient (Wildman–Crippen LogP) is 2.43. The summed E-state index contributed by atoms with van der Waals surface area (Å²) >= 11 is 0. The summed E-state index contributed by atoms with van der Waals surface area (Å²) in [5.74, 6) is 0.460. The first-order valence-corrected chi connectivity index (χ1v) is 11.2. The summed E-state index contributed by atoms with van der Waals surface area (Å²) in [4.78, 5) is 17.3. The lowest BCUT2D eigenvalue weighted by Crippen LogP contribution is -2.47. The van der Waals surface area contributed by atoms with Crippen molar-refractivity contribution in [1.82, 2.24) is 14.7 Å². The number of carbonyl (C=O) groups excluding carboxylic acids is 1. The normalized spacial score (nSPS) is 14.0. The Morgan fingerprint density at radius 3 is 2.56 bits per heavy atom. The highest BCUT2D eigenvalue weighted by molar-refractivity contribution is 6.05. The number of aliphatic hydroxyl groups excluding tert-OH is 1. The molecule has 2 N–H and O–H groups in total. The molecule has 1 saturated heterocycles. The van der Waals surface area contributed by atoms with Gasteiger partial charge in [-0.1, -0.05) is 0 Å². The number of methoxy groups -OCH3 is 1. The van der Waals surface area contributed by atoms with Crippen LogP contribution in [0.25, 0.3) is 5.69 Å². The van der Waals surface area contributed by atoms with E-state index in [1.54, 1.807) is 24.1 Å². The average molecular weight is 461 g/mol. The molecule has 9 heteroatoms. The van der Waals surface area contributed by atoms with Crippen LogP contribution < -0.4 is 15.0 Å². The van der Waals surface area contributed by atoms with Crippen LogP contribution in [0.5, 0.6) is 5.75 Å². The van der Waals surface area contributed by atoms with E-state index >= 15 is 0 Å². The third kappa shape index (κ3) is 4.88. The number of benzene rings is 2. The SMILES string of the molecule is COc1ccc(-n2ncc(C(=O)Nc3ccc(N4CCN(CCO)CC4)c(C#N)c3)c2C)cc1.